The quantitative estimate of drug-likeness (QED) is 0.0623. The van der Waals surface area contributed by atoms with E-state index in [2.05, 4.69) is 20.8 Å². The zero-order valence-corrected chi connectivity index (χ0v) is 37.4. The Bertz CT molecular complexity index is 789. The lowest BCUT2D eigenvalue weighted by molar-refractivity contribution is 0.519. The molecule has 1 radical (unpaired) electrons. The molecule has 3 nitrogen and oxygen atoms in total. The Labute approximate surface area is 341 Å². The number of hydrogen-bond donors (Lipinski definition) is 0. The molecule has 0 aliphatic carbocycles. The molecule has 1 rings (SSSR count). The molecule has 0 saturated heterocycles. The minimum absolute atomic E-state index is 0.668. The van der Waals surface area contributed by atoms with E-state index >= 15 is 0 Å². The summed E-state index contributed by atoms with van der Waals surface area (Å²) < 4.78 is 0. The number of unbranched alkanes of at least 4 members (excludes halogenated alkanes) is 40. The van der Waals surface area contributed by atoms with Crippen molar-refractivity contribution in [3.63, 3.8) is 0 Å². The average molecular weight is 753 g/mol. The lowest BCUT2D eigenvalue weighted by Crippen LogP contribution is -2.08. The van der Waals surface area contributed by atoms with Crippen LogP contribution in [0.1, 0.15) is 301 Å². The fourth-order valence-corrected chi connectivity index (χ4v) is 8.29. The number of hydrogen-bond acceptors (Lipinski definition) is 3. The molecule has 0 atom stereocenters. The zero-order valence-electron chi connectivity index (χ0n) is 37.4. The Balaban J connectivity index is 1.89. The predicted molar refractivity (Wildman–Crippen MR) is 242 cm³/mol. The van der Waals surface area contributed by atoms with Crippen molar-refractivity contribution in [2.24, 2.45) is 0 Å². The van der Waals surface area contributed by atoms with Crippen LogP contribution in [0.15, 0.2) is 0 Å². The molecule has 0 aromatic carbocycles. The van der Waals surface area contributed by atoms with E-state index in [0.717, 1.165) is 30.3 Å². The molecule has 0 saturated carbocycles. The van der Waals surface area contributed by atoms with E-state index in [1.54, 1.807) is 0 Å². The van der Waals surface area contributed by atoms with Gasteiger partial charge in [-0.2, -0.15) is 0 Å². The van der Waals surface area contributed by atoms with E-state index in [1.165, 1.54) is 270 Å². The van der Waals surface area contributed by atoms with Crippen LogP contribution in [-0.2, 0) is 19.3 Å². The summed E-state index contributed by atoms with van der Waals surface area (Å²) in [6.45, 7) is 8.68. The number of aryl methyl sites for hydroxylation is 2. The molecule has 0 N–H and O–H groups in total. The summed E-state index contributed by atoms with van der Waals surface area (Å²) in [5, 5.41) is 0. The van der Waals surface area contributed by atoms with Crippen molar-refractivity contribution in [1.82, 2.24) is 15.0 Å². The lowest BCUT2D eigenvalue weighted by Gasteiger charge is -2.07. The summed E-state index contributed by atoms with van der Waals surface area (Å²) in [6.07, 6.45) is 62.6. The topological polar surface area (TPSA) is 38.7 Å². The molecule has 3 heteroatoms. The van der Waals surface area contributed by atoms with Gasteiger partial charge in [-0.1, -0.05) is 271 Å². The summed E-state index contributed by atoms with van der Waals surface area (Å²) in [5.41, 5.74) is 0. The number of rotatable bonds is 45. The van der Waals surface area contributed by atoms with Crippen LogP contribution in [0, 0.1) is 6.92 Å². The highest BCUT2D eigenvalue weighted by Gasteiger charge is 2.06. The van der Waals surface area contributed by atoms with E-state index in [1.807, 2.05) is 0 Å². The molecule has 1 aromatic heterocycles. The number of aromatic nitrogens is 3. The Hall–Kier alpha value is -0.990. The van der Waals surface area contributed by atoms with Gasteiger partial charge in [0.1, 0.15) is 17.5 Å². The first-order valence-corrected chi connectivity index (χ1v) is 25.3. The highest BCUT2D eigenvalue weighted by molar-refractivity contribution is 4.99. The second-order valence-corrected chi connectivity index (χ2v) is 17.5. The van der Waals surface area contributed by atoms with Gasteiger partial charge in [0.05, 0.1) is 0 Å². The normalized spacial score (nSPS) is 11.6. The summed E-state index contributed by atoms with van der Waals surface area (Å²) in [4.78, 5) is 14.3. The van der Waals surface area contributed by atoms with E-state index in [9.17, 15) is 0 Å². The van der Waals surface area contributed by atoms with E-state index in [4.69, 9.17) is 15.0 Å². The average Bonchev–Trinajstić information content (AvgIpc) is 3.19. The summed E-state index contributed by atoms with van der Waals surface area (Å²) in [7, 11) is 0. The maximum atomic E-state index is 4.88. The van der Waals surface area contributed by atoms with Crippen molar-refractivity contribution in [2.45, 2.75) is 303 Å². The number of nitrogens with zero attached hydrogens (tertiary/aromatic N) is 3. The third-order valence-electron chi connectivity index (χ3n) is 12.0. The molecule has 54 heavy (non-hydrogen) atoms. The van der Waals surface area contributed by atoms with Gasteiger partial charge in [-0.05, 0) is 19.8 Å². The van der Waals surface area contributed by atoms with Crippen molar-refractivity contribution in [1.29, 1.82) is 0 Å². The third kappa shape index (κ3) is 36.6. The smallest absolute Gasteiger partial charge is 0.132 e. The maximum Gasteiger partial charge on any atom is 0.132 e. The second-order valence-electron chi connectivity index (χ2n) is 17.5. The Morgan fingerprint density at radius 3 is 0.593 bits per heavy atom. The van der Waals surface area contributed by atoms with Crippen LogP contribution in [0.3, 0.4) is 0 Å². The Morgan fingerprint density at radius 1 is 0.241 bits per heavy atom. The van der Waals surface area contributed by atoms with Gasteiger partial charge in [0, 0.05) is 19.3 Å². The molecule has 0 aliphatic heterocycles. The SMILES string of the molecule is [CH2]Cc1nc(CCCCCCCCCCCCCCCCCCCCCCC)nc(CCCCCCCCCCCCCCCCCCCCCCC)n1. The molecule has 1 heterocycles. The molecular weight excluding hydrogens is 655 g/mol. The van der Waals surface area contributed by atoms with Gasteiger partial charge < -0.3 is 0 Å². The molecule has 0 amide bonds. The highest BCUT2D eigenvalue weighted by atomic mass is 15.0. The Morgan fingerprint density at radius 2 is 0.407 bits per heavy atom. The molecule has 0 unspecified atom stereocenters. The molecule has 0 spiro atoms. The standard InChI is InChI=1S/C51H98N3/c1-4-7-9-11-13-15-17-19-21-23-25-27-29-31-33-35-37-39-41-43-45-47-50-52-49(6-3)53-51(54-50)48-46-44-42-40-38-36-34-32-30-28-26-24-22-20-18-16-14-12-10-8-5-2/h3-48H2,1-2H3. The summed E-state index contributed by atoms with van der Waals surface area (Å²) in [6, 6.07) is 0. The molecular formula is C51H98N3. The fraction of sp³-hybridized carbons (Fsp3) is 0.922. The van der Waals surface area contributed by atoms with Crippen LogP contribution in [0.4, 0.5) is 0 Å². The van der Waals surface area contributed by atoms with Crippen LogP contribution >= 0.6 is 0 Å². The first-order valence-electron chi connectivity index (χ1n) is 25.3. The van der Waals surface area contributed by atoms with Crippen LogP contribution in [0.2, 0.25) is 0 Å². The van der Waals surface area contributed by atoms with Crippen molar-refractivity contribution in [3.8, 4) is 0 Å². The molecule has 1 aromatic rings. The molecule has 317 valence electrons. The minimum atomic E-state index is 0.668. The fourth-order valence-electron chi connectivity index (χ4n) is 8.29. The Kier molecular flexibility index (Phi) is 40.8. The van der Waals surface area contributed by atoms with Gasteiger partial charge in [0.25, 0.3) is 0 Å². The molecule has 0 bridgehead atoms. The van der Waals surface area contributed by atoms with E-state index < -0.39 is 0 Å². The first-order chi connectivity index (χ1) is 26.8. The van der Waals surface area contributed by atoms with Crippen LogP contribution in [0.25, 0.3) is 0 Å². The van der Waals surface area contributed by atoms with Gasteiger partial charge in [0.15, 0.2) is 0 Å². The van der Waals surface area contributed by atoms with Gasteiger partial charge in [-0.3, -0.25) is 0 Å². The minimum Gasteiger partial charge on any atom is -0.218 e. The van der Waals surface area contributed by atoms with E-state index in [-0.39, 0.29) is 0 Å². The monoisotopic (exact) mass is 753 g/mol. The molecule has 0 aliphatic rings. The predicted octanol–water partition coefficient (Wildman–Crippen LogP) is 17.8. The molecule has 0 fully saturated rings. The second kappa shape index (κ2) is 43.1. The van der Waals surface area contributed by atoms with Crippen molar-refractivity contribution in [2.75, 3.05) is 0 Å². The highest BCUT2D eigenvalue weighted by Crippen LogP contribution is 2.18. The van der Waals surface area contributed by atoms with Crippen LogP contribution in [-0.4, -0.2) is 15.0 Å². The van der Waals surface area contributed by atoms with E-state index in [0.29, 0.717) is 6.42 Å². The van der Waals surface area contributed by atoms with Gasteiger partial charge >= 0.3 is 0 Å². The maximum absolute atomic E-state index is 4.88. The van der Waals surface area contributed by atoms with Gasteiger partial charge in [-0.15, -0.1) is 0 Å². The first kappa shape index (κ1) is 51.0. The van der Waals surface area contributed by atoms with Gasteiger partial charge in [0.2, 0.25) is 0 Å². The van der Waals surface area contributed by atoms with Crippen LogP contribution in [0.5, 0.6) is 0 Å². The van der Waals surface area contributed by atoms with Crippen molar-refractivity contribution in [3.05, 3.63) is 24.4 Å². The zero-order chi connectivity index (χ0) is 38.7. The third-order valence-corrected chi connectivity index (χ3v) is 12.0. The summed E-state index contributed by atoms with van der Waals surface area (Å²) >= 11 is 0. The van der Waals surface area contributed by atoms with Crippen molar-refractivity contribution >= 4 is 0 Å². The largest absolute Gasteiger partial charge is 0.218 e. The summed E-state index contributed by atoms with van der Waals surface area (Å²) in [5.74, 6) is 2.92. The van der Waals surface area contributed by atoms with Gasteiger partial charge in [-0.25, -0.2) is 15.0 Å². The van der Waals surface area contributed by atoms with Crippen LogP contribution < -0.4 is 0 Å². The van der Waals surface area contributed by atoms with Crippen molar-refractivity contribution < 1.29 is 0 Å². The lowest BCUT2D eigenvalue weighted by atomic mass is 10.0.